The molecule has 2 aromatic carbocycles. The molecule has 0 spiro atoms. The first-order chi connectivity index (χ1) is 23.2. The van der Waals surface area contributed by atoms with Gasteiger partial charge in [0.25, 0.3) is 0 Å². The van der Waals surface area contributed by atoms with E-state index in [1.165, 1.54) is 51.4 Å². The minimum absolute atomic E-state index is 0. The summed E-state index contributed by atoms with van der Waals surface area (Å²) in [7, 11) is 4.71. The van der Waals surface area contributed by atoms with Gasteiger partial charge >= 0.3 is 0 Å². The number of rotatable bonds is 19. The van der Waals surface area contributed by atoms with Crippen molar-refractivity contribution in [3.05, 3.63) is 59.7 Å². The van der Waals surface area contributed by atoms with Gasteiger partial charge in [0, 0.05) is 11.1 Å². The number of halogens is 2. The molecule has 2 aromatic rings. The number of likely N-dealkylation sites (tertiary alicyclic amines) is 2. The van der Waals surface area contributed by atoms with Crippen LogP contribution in [0.5, 0.6) is 11.5 Å². The predicted octanol–water partition coefficient (Wildman–Crippen LogP) is 3.17. The van der Waals surface area contributed by atoms with Gasteiger partial charge in [-0.05, 0) is 126 Å². The molecule has 282 valence electrons. The van der Waals surface area contributed by atoms with Gasteiger partial charge in [-0.15, -0.1) is 0 Å². The smallest absolute Gasteiger partial charge is 0.171 e. The van der Waals surface area contributed by atoms with E-state index in [1.807, 2.05) is 48.5 Å². The molecule has 0 saturated carbocycles. The van der Waals surface area contributed by atoms with Crippen molar-refractivity contribution in [2.45, 2.75) is 104 Å². The highest BCUT2D eigenvalue weighted by molar-refractivity contribution is 5.99. The summed E-state index contributed by atoms with van der Waals surface area (Å²) < 4.78 is 13.7. The first-order valence-corrected chi connectivity index (χ1v) is 19.5. The number of ketones is 2. The number of unbranched alkanes of at least 4 members (excludes halogenated alkanes) is 2. The lowest BCUT2D eigenvalue weighted by molar-refractivity contribution is -0.911. The van der Waals surface area contributed by atoms with Crippen molar-refractivity contribution in [3.63, 3.8) is 0 Å². The number of hydrogen-bond acceptors (Lipinski definition) is 4. The average molecular weight is 917 g/mol. The zero-order chi connectivity index (χ0) is 34.2. The van der Waals surface area contributed by atoms with Gasteiger partial charge in [0.1, 0.15) is 11.5 Å². The Labute approximate surface area is 338 Å². The zero-order valence-electron chi connectivity index (χ0n) is 31.6. The molecule has 2 unspecified atom stereocenters. The fraction of sp³-hybridized carbons (Fsp3) is 0.667. The molecule has 6 nitrogen and oxygen atoms in total. The molecule has 0 radical (unpaired) electrons. The number of hydrogen-bond donors (Lipinski definition) is 0. The molecule has 2 atom stereocenters. The summed E-state index contributed by atoms with van der Waals surface area (Å²) in [4.78, 5) is 28.7. The van der Waals surface area contributed by atoms with E-state index < -0.39 is 0 Å². The highest BCUT2D eigenvalue weighted by Crippen LogP contribution is 2.29. The normalized spacial score (nSPS) is 18.2. The molecule has 4 rings (SSSR count). The Morgan fingerprint density at radius 3 is 1.18 bits per heavy atom. The lowest BCUT2D eigenvalue weighted by atomic mass is 9.85. The van der Waals surface area contributed by atoms with Crippen LogP contribution in [-0.2, 0) is 0 Å². The Hall–Kier alpha value is -1.24. The maximum absolute atomic E-state index is 14.4. The zero-order valence-corrected chi connectivity index (χ0v) is 35.9. The van der Waals surface area contributed by atoms with Gasteiger partial charge < -0.3 is 66.4 Å². The molecule has 0 amide bonds. The van der Waals surface area contributed by atoms with Crippen LogP contribution >= 0.6 is 0 Å². The summed E-state index contributed by atoms with van der Waals surface area (Å²) in [6.07, 6.45) is 15.7. The SMILES string of the molecule is CCCCOc1ccc(C(=O)C(CCC(C[N+]2(C)CCCCCC2)C(=O)c2ccc(OCCCC)cc2)C[N+]2(C)CCCCCC2)cc1.[I-].[I-]. The van der Waals surface area contributed by atoms with Crippen molar-refractivity contribution < 1.29 is 76.0 Å². The number of quaternary nitrogens is 2. The van der Waals surface area contributed by atoms with E-state index >= 15 is 0 Å². The van der Waals surface area contributed by atoms with Gasteiger partial charge in [0.05, 0.1) is 78.4 Å². The second-order valence-electron chi connectivity index (χ2n) is 15.5. The molecule has 0 N–H and O–H groups in total. The molecule has 2 heterocycles. The van der Waals surface area contributed by atoms with Crippen LogP contribution in [0.4, 0.5) is 0 Å². The third-order valence-corrected chi connectivity index (χ3v) is 11.0. The second-order valence-corrected chi connectivity index (χ2v) is 15.5. The van der Waals surface area contributed by atoms with Crippen LogP contribution in [0.25, 0.3) is 0 Å². The van der Waals surface area contributed by atoms with Crippen molar-refractivity contribution >= 4 is 11.6 Å². The molecule has 50 heavy (non-hydrogen) atoms. The molecular formula is C42H66I2N2O4. The van der Waals surface area contributed by atoms with Gasteiger partial charge in [-0.1, -0.05) is 26.7 Å². The van der Waals surface area contributed by atoms with E-state index in [0.717, 1.165) is 109 Å². The summed E-state index contributed by atoms with van der Waals surface area (Å²) >= 11 is 0. The highest BCUT2D eigenvalue weighted by Gasteiger charge is 2.36. The van der Waals surface area contributed by atoms with Crippen LogP contribution in [0.1, 0.15) is 124 Å². The van der Waals surface area contributed by atoms with E-state index in [2.05, 4.69) is 27.9 Å². The molecule has 0 bridgehead atoms. The largest absolute Gasteiger partial charge is 1.00 e. The molecule has 2 fully saturated rings. The Morgan fingerprint density at radius 2 is 0.880 bits per heavy atom. The molecule has 2 saturated heterocycles. The molecule has 8 heteroatoms. The number of ether oxygens (including phenoxy) is 2. The van der Waals surface area contributed by atoms with Crippen LogP contribution in [0.15, 0.2) is 48.5 Å². The quantitative estimate of drug-likeness (QED) is 0.0943. The Balaban J connectivity index is 0.00000433. The molecule has 2 aliphatic heterocycles. The Bertz CT molecular complexity index is 1140. The number of carbonyl (C=O) groups excluding carboxylic acids is 2. The number of nitrogens with zero attached hydrogens (tertiary/aromatic N) is 2. The van der Waals surface area contributed by atoms with Gasteiger partial charge in [-0.25, -0.2) is 0 Å². The summed E-state index contributed by atoms with van der Waals surface area (Å²) in [6.45, 7) is 11.9. The van der Waals surface area contributed by atoms with E-state index in [9.17, 15) is 9.59 Å². The first-order valence-electron chi connectivity index (χ1n) is 19.5. The van der Waals surface area contributed by atoms with Crippen molar-refractivity contribution in [1.29, 1.82) is 0 Å². The van der Waals surface area contributed by atoms with Crippen LogP contribution in [-0.4, -0.2) is 87.1 Å². The van der Waals surface area contributed by atoms with Gasteiger partial charge in [0.15, 0.2) is 11.6 Å². The summed E-state index contributed by atoms with van der Waals surface area (Å²) in [5.74, 6) is 1.83. The van der Waals surface area contributed by atoms with E-state index in [0.29, 0.717) is 13.2 Å². The third-order valence-electron chi connectivity index (χ3n) is 11.0. The first kappa shape index (κ1) is 44.9. The molecule has 0 aromatic heterocycles. The molecule has 2 aliphatic rings. The van der Waals surface area contributed by atoms with Crippen molar-refractivity contribution in [3.8, 4) is 11.5 Å². The number of carbonyl (C=O) groups is 2. The van der Waals surface area contributed by atoms with Gasteiger partial charge in [0.2, 0.25) is 0 Å². The van der Waals surface area contributed by atoms with Gasteiger partial charge in [-0.2, -0.15) is 0 Å². The Kier molecular flexibility index (Phi) is 21.0. The highest BCUT2D eigenvalue weighted by atomic mass is 127. The fourth-order valence-corrected chi connectivity index (χ4v) is 7.92. The maximum atomic E-state index is 14.4. The number of Topliss-reactive ketones (excluding diaryl/α,β-unsaturated/α-hetero) is 2. The summed E-state index contributed by atoms with van der Waals surface area (Å²) in [5.41, 5.74) is 1.52. The standard InChI is InChI=1S/C42H66N2O4.2HI/c1-5-7-31-47-39-23-19-35(20-24-39)41(45)37(33-43(3)27-13-9-10-14-28-43)17-18-38(34-44(4)29-15-11-12-16-30-44)42(46)36-21-25-40(26-22-36)48-32-8-6-2;;/h19-26,37-38H,5-18,27-34H2,1-4H3;2*1H/q+2;;/p-2. The van der Waals surface area contributed by atoms with Crippen molar-refractivity contribution in [2.75, 3.05) is 66.6 Å². The van der Waals surface area contributed by atoms with Crippen LogP contribution < -0.4 is 57.4 Å². The number of benzene rings is 2. The van der Waals surface area contributed by atoms with E-state index in [-0.39, 0.29) is 71.4 Å². The van der Waals surface area contributed by atoms with E-state index in [1.54, 1.807) is 0 Å². The molecule has 0 aliphatic carbocycles. The second kappa shape index (κ2) is 23.4. The fourth-order valence-electron chi connectivity index (χ4n) is 7.92. The predicted molar refractivity (Wildman–Crippen MR) is 197 cm³/mol. The van der Waals surface area contributed by atoms with Crippen LogP contribution in [0.3, 0.4) is 0 Å². The van der Waals surface area contributed by atoms with Crippen molar-refractivity contribution in [1.82, 2.24) is 0 Å². The summed E-state index contributed by atoms with van der Waals surface area (Å²) in [5, 5.41) is 0. The van der Waals surface area contributed by atoms with Crippen molar-refractivity contribution in [2.24, 2.45) is 11.8 Å². The summed E-state index contributed by atoms with van der Waals surface area (Å²) in [6, 6.07) is 15.6. The monoisotopic (exact) mass is 916 g/mol. The maximum Gasteiger partial charge on any atom is 0.171 e. The lowest BCUT2D eigenvalue weighted by Gasteiger charge is -2.38. The minimum atomic E-state index is -0.126. The Morgan fingerprint density at radius 1 is 0.560 bits per heavy atom. The van der Waals surface area contributed by atoms with Crippen LogP contribution in [0, 0.1) is 11.8 Å². The van der Waals surface area contributed by atoms with E-state index in [4.69, 9.17) is 9.47 Å². The van der Waals surface area contributed by atoms with Crippen LogP contribution in [0.2, 0.25) is 0 Å². The lowest BCUT2D eigenvalue weighted by Crippen LogP contribution is -3.00. The molecular weight excluding hydrogens is 850 g/mol. The minimum Gasteiger partial charge on any atom is -1.00 e. The van der Waals surface area contributed by atoms with Gasteiger partial charge in [-0.3, -0.25) is 9.59 Å². The average Bonchev–Trinajstić information content (AvgIpc) is 3.45. The third kappa shape index (κ3) is 14.6. The topological polar surface area (TPSA) is 52.6 Å².